The number of halogens is 1. The molecule has 2 aromatic rings. The molecule has 0 saturated carbocycles. The first-order valence-corrected chi connectivity index (χ1v) is 8.02. The number of likely N-dealkylation sites (N-methyl/N-ethyl adjacent to an activating group) is 1. The Morgan fingerprint density at radius 1 is 1.44 bits per heavy atom. The van der Waals surface area contributed by atoms with Crippen molar-refractivity contribution in [2.45, 2.75) is 16.7 Å². The molecule has 5 heteroatoms. The van der Waals surface area contributed by atoms with Gasteiger partial charge in [0.1, 0.15) is 0 Å². The van der Waals surface area contributed by atoms with E-state index in [-0.39, 0.29) is 0 Å². The number of nitrogens with one attached hydrogen (secondary N) is 1. The van der Waals surface area contributed by atoms with Crippen molar-refractivity contribution in [3.63, 3.8) is 0 Å². The average molecular weight is 299 g/mol. The average Bonchev–Trinajstić information content (AvgIpc) is 2.92. The number of thiophene rings is 1. The van der Waals surface area contributed by atoms with Crippen LogP contribution in [0.25, 0.3) is 10.1 Å². The topological polar surface area (TPSA) is 15.3 Å². The van der Waals surface area contributed by atoms with Crippen molar-refractivity contribution in [2.75, 3.05) is 20.1 Å². The van der Waals surface area contributed by atoms with E-state index < -0.39 is 0 Å². The van der Waals surface area contributed by atoms with Crippen LogP contribution in [0.1, 0.15) is 6.42 Å². The number of hydrogen-bond acceptors (Lipinski definition) is 4. The largest absolute Gasteiger partial charge is 0.305 e. The lowest BCUT2D eigenvalue weighted by molar-refractivity contribution is 0.409. The van der Waals surface area contributed by atoms with E-state index in [0.717, 1.165) is 11.6 Å². The van der Waals surface area contributed by atoms with Gasteiger partial charge in [0.05, 0.1) is 4.21 Å². The molecule has 1 aromatic carbocycles. The zero-order valence-electron chi connectivity index (χ0n) is 10.1. The minimum atomic E-state index is 0.605. The fourth-order valence-electron chi connectivity index (χ4n) is 2.21. The molecule has 3 rings (SSSR count). The van der Waals surface area contributed by atoms with Crippen LogP contribution in [-0.2, 0) is 0 Å². The third-order valence-electron chi connectivity index (χ3n) is 3.17. The summed E-state index contributed by atoms with van der Waals surface area (Å²) in [7, 11) is 2.17. The van der Waals surface area contributed by atoms with E-state index in [1.165, 1.54) is 27.3 Å². The molecule has 1 N–H and O–H groups in total. The molecule has 0 spiro atoms. The first-order chi connectivity index (χ1) is 8.70. The summed E-state index contributed by atoms with van der Waals surface area (Å²) in [5.74, 6) is 0. The summed E-state index contributed by atoms with van der Waals surface area (Å²) in [6.07, 6.45) is 1.24. The molecule has 1 saturated heterocycles. The van der Waals surface area contributed by atoms with E-state index in [0.29, 0.717) is 6.04 Å². The van der Waals surface area contributed by atoms with E-state index in [2.05, 4.69) is 28.8 Å². The Hall–Kier alpha value is -0.260. The van der Waals surface area contributed by atoms with Gasteiger partial charge in [0.15, 0.2) is 0 Å². The Labute approximate surface area is 120 Å². The molecule has 2 nitrogen and oxygen atoms in total. The second kappa shape index (κ2) is 5.39. The summed E-state index contributed by atoms with van der Waals surface area (Å²) >= 11 is 9.57. The molecule has 18 heavy (non-hydrogen) atoms. The summed E-state index contributed by atoms with van der Waals surface area (Å²) in [6, 6.07) is 8.89. The molecule has 0 radical (unpaired) electrons. The first-order valence-electron chi connectivity index (χ1n) is 6.01. The highest BCUT2D eigenvalue weighted by Gasteiger charge is 2.19. The summed E-state index contributed by atoms with van der Waals surface area (Å²) < 4.78 is 6.16. The smallest absolute Gasteiger partial charge is 0.0764 e. The zero-order chi connectivity index (χ0) is 12.5. The van der Waals surface area contributed by atoms with E-state index >= 15 is 0 Å². The van der Waals surface area contributed by atoms with Crippen LogP contribution < -0.4 is 4.72 Å². The number of benzene rings is 1. The van der Waals surface area contributed by atoms with Crippen LogP contribution in [0.2, 0.25) is 5.02 Å². The third-order valence-corrected chi connectivity index (χ3v) is 5.59. The summed E-state index contributed by atoms with van der Waals surface area (Å²) in [4.78, 5) is 2.36. The van der Waals surface area contributed by atoms with Crippen molar-refractivity contribution < 1.29 is 0 Å². The van der Waals surface area contributed by atoms with Gasteiger partial charge < -0.3 is 4.90 Å². The van der Waals surface area contributed by atoms with Gasteiger partial charge in [-0.2, -0.15) is 0 Å². The lowest BCUT2D eigenvalue weighted by atomic mass is 10.3. The van der Waals surface area contributed by atoms with Crippen LogP contribution in [-0.4, -0.2) is 31.1 Å². The highest BCUT2D eigenvalue weighted by atomic mass is 35.5. The van der Waals surface area contributed by atoms with Crippen molar-refractivity contribution in [3.05, 3.63) is 29.3 Å². The van der Waals surface area contributed by atoms with E-state index in [9.17, 15) is 0 Å². The second-order valence-corrected chi connectivity index (χ2v) is 7.37. The summed E-state index contributed by atoms with van der Waals surface area (Å²) in [6.45, 7) is 2.34. The van der Waals surface area contributed by atoms with Crippen molar-refractivity contribution in [3.8, 4) is 0 Å². The highest BCUT2D eigenvalue weighted by molar-refractivity contribution is 7.99. The fourth-order valence-corrected chi connectivity index (χ4v) is 4.41. The molecule has 1 unspecified atom stereocenters. The maximum Gasteiger partial charge on any atom is 0.0764 e. The molecule has 1 atom stereocenters. The molecule has 1 fully saturated rings. The van der Waals surface area contributed by atoms with Gasteiger partial charge in [-0.05, 0) is 61.6 Å². The fraction of sp³-hybridized carbons (Fsp3) is 0.385. The monoisotopic (exact) mass is 298 g/mol. The Morgan fingerprint density at radius 2 is 2.33 bits per heavy atom. The predicted molar refractivity (Wildman–Crippen MR) is 81.7 cm³/mol. The number of fused-ring (bicyclic) bond motifs is 1. The molecular weight excluding hydrogens is 284 g/mol. The van der Waals surface area contributed by atoms with Gasteiger partial charge >= 0.3 is 0 Å². The van der Waals surface area contributed by atoms with Crippen molar-refractivity contribution >= 4 is 45.0 Å². The molecule has 0 bridgehead atoms. The Kier molecular flexibility index (Phi) is 3.82. The minimum Gasteiger partial charge on any atom is -0.305 e. The molecule has 1 aliphatic rings. The Balaban J connectivity index is 1.67. The van der Waals surface area contributed by atoms with Crippen LogP contribution in [0.3, 0.4) is 0 Å². The standard InChI is InChI=1S/C13H15ClN2S2/c1-16-5-4-11(8-16)15-18-13-7-9-6-10(14)2-3-12(9)17-13/h2-3,6-7,11,15H,4-5,8H2,1H3. The van der Waals surface area contributed by atoms with Crippen LogP contribution in [0.15, 0.2) is 28.5 Å². The number of hydrogen-bond donors (Lipinski definition) is 1. The summed E-state index contributed by atoms with van der Waals surface area (Å²) in [5, 5.41) is 2.04. The van der Waals surface area contributed by atoms with Crippen molar-refractivity contribution in [2.24, 2.45) is 0 Å². The van der Waals surface area contributed by atoms with Crippen LogP contribution in [0.4, 0.5) is 0 Å². The highest BCUT2D eigenvalue weighted by Crippen LogP contribution is 2.33. The van der Waals surface area contributed by atoms with Crippen molar-refractivity contribution in [1.82, 2.24) is 9.62 Å². The number of rotatable bonds is 3. The van der Waals surface area contributed by atoms with Crippen LogP contribution in [0, 0.1) is 0 Å². The van der Waals surface area contributed by atoms with Gasteiger partial charge in [0.25, 0.3) is 0 Å². The molecule has 1 aromatic heterocycles. The normalized spacial score (nSPS) is 20.9. The number of likely N-dealkylation sites (tertiary alicyclic amines) is 1. The van der Waals surface area contributed by atoms with E-state index in [4.69, 9.17) is 11.6 Å². The number of nitrogens with zero attached hydrogens (tertiary/aromatic N) is 1. The molecule has 1 aliphatic heterocycles. The van der Waals surface area contributed by atoms with Gasteiger partial charge in [-0.3, -0.25) is 4.72 Å². The Morgan fingerprint density at radius 3 is 3.11 bits per heavy atom. The van der Waals surface area contributed by atoms with Crippen LogP contribution >= 0.6 is 34.9 Å². The first kappa shape index (κ1) is 12.8. The quantitative estimate of drug-likeness (QED) is 0.866. The van der Waals surface area contributed by atoms with Gasteiger partial charge in [-0.25, -0.2) is 0 Å². The van der Waals surface area contributed by atoms with Crippen molar-refractivity contribution in [1.29, 1.82) is 0 Å². The van der Waals surface area contributed by atoms with E-state index in [1.54, 1.807) is 11.9 Å². The second-order valence-electron chi connectivity index (χ2n) is 4.72. The minimum absolute atomic E-state index is 0.605. The molecular formula is C13H15ClN2S2. The third kappa shape index (κ3) is 2.83. The molecule has 0 aliphatic carbocycles. The van der Waals surface area contributed by atoms with Gasteiger partial charge in [-0.15, -0.1) is 11.3 Å². The summed E-state index contributed by atoms with van der Waals surface area (Å²) in [5.41, 5.74) is 0. The van der Waals surface area contributed by atoms with Gasteiger partial charge in [0, 0.05) is 22.3 Å². The maximum absolute atomic E-state index is 6.00. The lowest BCUT2D eigenvalue weighted by Gasteiger charge is -2.10. The lowest BCUT2D eigenvalue weighted by Crippen LogP contribution is -2.26. The Bertz CT molecular complexity index is 555. The maximum atomic E-state index is 6.00. The predicted octanol–water partition coefficient (Wildman–Crippen LogP) is 3.86. The van der Waals surface area contributed by atoms with E-state index in [1.807, 2.05) is 23.5 Å². The molecule has 96 valence electrons. The molecule has 2 heterocycles. The zero-order valence-corrected chi connectivity index (χ0v) is 12.5. The van der Waals surface area contributed by atoms with Gasteiger partial charge in [0.2, 0.25) is 0 Å². The van der Waals surface area contributed by atoms with Gasteiger partial charge in [-0.1, -0.05) is 11.6 Å². The SMILES string of the molecule is CN1CCC(NSc2cc3cc(Cl)ccc3s2)C1. The molecule has 0 amide bonds. The van der Waals surface area contributed by atoms with Crippen LogP contribution in [0.5, 0.6) is 0 Å².